The third-order valence-electron chi connectivity index (χ3n) is 3.78. The number of hydrogen-bond donors (Lipinski definition) is 0. The van der Waals surface area contributed by atoms with Crippen molar-refractivity contribution in [2.45, 2.75) is 19.3 Å². The molecule has 1 aliphatic heterocycles. The van der Waals surface area contributed by atoms with Crippen LogP contribution in [0.2, 0.25) is 0 Å². The third-order valence-corrected chi connectivity index (χ3v) is 3.78. The van der Waals surface area contributed by atoms with Gasteiger partial charge in [0.15, 0.2) is 0 Å². The summed E-state index contributed by atoms with van der Waals surface area (Å²) in [6.07, 6.45) is 3.94. The lowest BCUT2D eigenvalue weighted by atomic mass is 9.81. The van der Waals surface area contributed by atoms with Crippen LogP contribution in [0, 0.1) is 23.7 Å². The van der Waals surface area contributed by atoms with E-state index in [0.29, 0.717) is 17.8 Å². The number of hydrogen-bond acceptors (Lipinski definition) is 2. The maximum atomic E-state index is 11.2. The molecule has 1 heterocycles. The molecule has 2 nitrogen and oxygen atoms in total. The quantitative estimate of drug-likeness (QED) is 0.487. The van der Waals surface area contributed by atoms with Crippen molar-refractivity contribution in [2.24, 2.45) is 23.7 Å². The molecule has 0 aromatic heterocycles. The lowest BCUT2D eigenvalue weighted by molar-refractivity contribution is -0.142. The van der Waals surface area contributed by atoms with E-state index >= 15 is 0 Å². The van der Waals surface area contributed by atoms with E-state index in [2.05, 4.69) is 0 Å². The Bertz CT molecular complexity index is 212. The van der Waals surface area contributed by atoms with Crippen LogP contribution in [-0.2, 0) is 9.53 Å². The molecule has 0 aromatic rings. The van der Waals surface area contributed by atoms with Crippen LogP contribution in [0.15, 0.2) is 0 Å². The van der Waals surface area contributed by atoms with Crippen LogP contribution >= 0.6 is 0 Å². The third kappa shape index (κ3) is 0.608. The van der Waals surface area contributed by atoms with E-state index in [1.807, 2.05) is 0 Å². The van der Waals surface area contributed by atoms with Crippen molar-refractivity contribution in [1.29, 1.82) is 0 Å². The summed E-state index contributed by atoms with van der Waals surface area (Å²) < 4.78 is 5.06. The first-order chi connectivity index (χ1) is 5.36. The zero-order valence-corrected chi connectivity index (χ0v) is 6.45. The second kappa shape index (κ2) is 1.79. The molecule has 0 radical (unpaired) electrons. The zero-order valence-electron chi connectivity index (χ0n) is 6.45. The number of carbonyl (C=O) groups is 1. The molecule has 0 N–H and O–H groups in total. The van der Waals surface area contributed by atoms with Crippen LogP contribution < -0.4 is 0 Å². The topological polar surface area (TPSA) is 26.3 Å². The van der Waals surface area contributed by atoms with Gasteiger partial charge in [-0.05, 0) is 31.1 Å². The van der Waals surface area contributed by atoms with Crippen molar-refractivity contribution < 1.29 is 9.53 Å². The van der Waals surface area contributed by atoms with Gasteiger partial charge in [-0.1, -0.05) is 0 Å². The van der Waals surface area contributed by atoms with Gasteiger partial charge in [-0.2, -0.15) is 0 Å². The molecular formula is C9H12O2. The van der Waals surface area contributed by atoms with Gasteiger partial charge in [0, 0.05) is 5.92 Å². The molecule has 2 aliphatic carbocycles. The second-order valence-corrected chi connectivity index (χ2v) is 4.15. The molecule has 2 bridgehead atoms. The molecule has 0 aromatic carbocycles. The highest BCUT2D eigenvalue weighted by Gasteiger charge is 2.54. The van der Waals surface area contributed by atoms with E-state index < -0.39 is 0 Å². The Morgan fingerprint density at radius 3 is 2.91 bits per heavy atom. The SMILES string of the molecule is O=C1OC[C@H]2[C@H]3CC[C@@H](C3)[C@@H]12. The average Bonchev–Trinajstić information content (AvgIpc) is 2.60. The zero-order chi connectivity index (χ0) is 7.42. The van der Waals surface area contributed by atoms with Crippen molar-refractivity contribution in [3.05, 3.63) is 0 Å². The number of cyclic esters (lactones) is 1. The summed E-state index contributed by atoms with van der Waals surface area (Å²) in [6.45, 7) is 0.727. The van der Waals surface area contributed by atoms with Crippen LogP contribution in [0.3, 0.4) is 0 Å². The number of carbonyl (C=O) groups excluding carboxylic acids is 1. The maximum absolute atomic E-state index is 11.2. The van der Waals surface area contributed by atoms with Gasteiger partial charge in [-0.3, -0.25) is 4.79 Å². The van der Waals surface area contributed by atoms with Gasteiger partial charge in [0.05, 0.1) is 12.5 Å². The predicted octanol–water partition coefficient (Wildman–Crippen LogP) is 1.21. The van der Waals surface area contributed by atoms with Crippen molar-refractivity contribution in [3.8, 4) is 0 Å². The Labute approximate surface area is 65.9 Å². The number of rotatable bonds is 0. The van der Waals surface area contributed by atoms with Gasteiger partial charge >= 0.3 is 5.97 Å². The summed E-state index contributed by atoms with van der Waals surface area (Å²) in [5, 5.41) is 0. The fourth-order valence-corrected chi connectivity index (χ4v) is 3.29. The van der Waals surface area contributed by atoms with Crippen LogP contribution in [0.5, 0.6) is 0 Å². The van der Waals surface area contributed by atoms with E-state index in [1.165, 1.54) is 19.3 Å². The van der Waals surface area contributed by atoms with Crippen LogP contribution in [-0.4, -0.2) is 12.6 Å². The van der Waals surface area contributed by atoms with Crippen molar-refractivity contribution >= 4 is 5.97 Å². The number of fused-ring (bicyclic) bond motifs is 5. The summed E-state index contributed by atoms with van der Waals surface area (Å²) in [6, 6.07) is 0. The predicted molar refractivity (Wildman–Crippen MR) is 38.8 cm³/mol. The van der Waals surface area contributed by atoms with Crippen molar-refractivity contribution in [3.63, 3.8) is 0 Å². The van der Waals surface area contributed by atoms with Crippen LogP contribution in [0.4, 0.5) is 0 Å². The minimum absolute atomic E-state index is 0.0993. The lowest BCUT2D eigenvalue weighted by Gasteiger charge is -2.19. The first-order valence-electron chi connectivity index (χ1n) is 4.53. The molecular weight excluding hydrogens is 140 g/mol. The molecule has 1 saturated heterocycles. The molecule has 0 unspecified atom stereocenters. The Morgan fingerprint density at radius 1 is 1.27 bits per heavy atom. The van der Waals surface area contributed by atoms with Crippen LogP contribution in [0.25, 0.3) is 0 Å². The molecule has 11 heavy (non-hydrogen) atoms. The van der Waals surface area contributed by atoms with E-state index in [4.69, 9.17) is 4.74 Å². The summed E-state index contributed by atoms with van der Waals surface area (Å²) in [4.78, 5) is 11.2. The standard InChI is InChI=1S/C9H12O2/c10-9-8-6-2-1-5(3-6)7(8)4-11-9/h5-8H,1-4H2/t5-,6-,7-,8+/m0/s1. The number of ether oxygens (including phenoxy) is 1. The minimum Gasteiger partial charge on any atom is -0.465 e. The van der Waals surface area contributed by atoms with Gasteiger partial charge in [0.25, 0.3) is 0 Å². The summed E-state index contributed by atoms with van der Waals surface area (Å²) in [7, 11) is 0. The van der Waals surface area contributed by atoms with E-state index in [-0.39, 0.29) is 5.97 Å². The van der Waals surface area contributed by atoms with Gasteiger partial charge in [0.2, 0.25) is 0 Å². The Hall–Kier alpha value is -0.530. The monoisotopic (exact) mass is 152 g/mol. The van der Waals surface area contributed by atoms with Gasteiger partial charge < -0.3 is 4.74 Å². The molecule has 4 atom stereocenters. The molecule has 60 valence electrons. The molecule has 3 fully saturated rings. The van der Waals surface area contributed by atoms with Gasteiger partial charge in [0.1, 0.15) is 0 Å². The van der Waals surface area contributed by atoms with E-state index in [1.54, 1.807) is 0 Å². The Balaban J connectivity index is 1.97. The fraction of sp³-hybridized carbons (Fsp3) is 0.889. The van der Waals surface area contributed by atoms with Crippen molar-refractivity contribution in [2.75, 3.05) is 6.61 Å². The fourth-order valence-electron chi connectivity index (χ4n) is 3.29. The highest BCUT2D eigenvalue weighted by Crippen LogP contribution is 2.54. The highest BCUT2D eigenvalue weighted by atomic mass is 16.5. The Kier molecular flexibility index (Phi) is 0.984. The molecule has 0 spiro atoms. The molecule has 3 rings (SSSR count). The Morgan fingerprint density at radius 2 is 2.09 bits per heavy atom. The van der Waals surface area contributed by atoms with Crippen molar-refractivity contribution in [1.82, 2.24) is 0 Å². The van der Waals surface area contributed by atoms with Gasteiger partial charge in [-0.15, -0.1) is 0 Å². The maximum Gasteiger partial charge on any atom is 0.309 e. The van der Waals surface area contributed by atoms with E-state index in [0.717, 1.165) is 12.5 Å². The summed E-state index contributed by atoms with van der Waals surface area (Å²) >= 11 is 0. The average molecular weight is 152 g/mol. The largest absolute Gasteiger partial charge is 0.465 e. The first-order valence-corrected chi connectivity index (χ1v) is 4.53. The molecule has 3 aliphatic rings. The smallest absolute Gasteiger partial charge is 0.309 e. The minimum atomic E-state index is 0.0993. The van der Waals surface area contributed by atoms with Gasteiger partial charge in [-0.25, -0.2) is 0 Å². The normalized spacial score (nSPS) is 52.9. The van der Waals surface area contributed by atoms with E-state index in [9.17, 15) is 4.79 Å². The van der Waals surface area contributed by atoms with Crippen LogP contribution in [0.1, 0.15) is 19.3 Å². The molecule has 0 amide bonds. The highest BCUT2D eigenvalue weighted by molar-refractivity contribution is 5.75. The molecule has 2 saturated carbocycles. The summed E-state index contributed by atoms with van der Waals surface area (Å²) in [5.41, 5.74) is 0. The summed E-state index contributed by atoms with van der Waals surface area (Å²) in [5.74, 6) is 2.55. The first kappa shape index (κ1) is 6.04. The molecule has 2 heteroatoms. The number of esters is 1. The lowest BCUT2D eigenvalue weighted by Crippen LogP contribution is -2.22. The second-order valence-electron chi connectivity index (χ2n) is 4.15.